The second kappa shape index (κ2) is 15.1. The van der Waals surface area contributed by atoms with Crippen LogP contribution in [-0.4, -0.2) is 16.3 Å². The molecule has 0 saturated carbocycles. The smallest absolute Gasteiger partial charge is 0.229 e. The fourth-order valence-electron chi connectivity index (χ4n) is 7.75. The first-order valence-corrected chi connectivity index (χ1v) is 20.5. The van der Waals surface area contributed by atoms with E-state index in [2.05, 4.69) is 156 Å². The summed E-state index contributed by atoms with van der Waals surface area (Å²) in [5.74, 6) is 1.90. The quantitative estimate of drug-likeness (QED) is 0.157. The summed E-state index contributed by atoms with van der Waals surface area (Å²) in [6.45, 7) is 27.0. The van der Waals surface area contributed by atoms with Crippen LogP contribution >= 0.6 is 0 Å². The van der Waals surface area contributed by atoms with Crippen molar-refractivity contribution in [3.05, 3.63) is 137 Å². The summed E-state index contributed by atoms with van der Waals surface area (Å²) in [6.07, 6.45) is 1.76. The average molecular weight is 755 g/mol. The lowest BCUT2D eigenvalue weighted by atomic mass is 9.81. The van der Waals surface area contributed by atoms with Crippen molar-refractivity contribution in [2.75, 3.05) is 0 Å². The Morgan fingerprint density at radius 1 is 0.632 bits per heavy atom. The van der Waals surface area contributed by atoms with Crippen LogP contribution in [0.2, 0.25) is 0 Å². The van der Waals surface area contributed by atoms with Crippen molar-refractivity contribution < 1.29 is 9.52 Å². The Labute approximate surface area is 339 Å². The van der Waals surface area contributed by atoms with Crippen molar-refractivity contribution >= 4 is 33.8 Å². The molecule has 1 N–H and O–H groups in total. The van der Waals surface area contributed by atoms with Gasteiger partial charge in [-0.05, 0) is 115 Å². The molecule has 0 radical (unpaired) electrons. The number of aliphatic imine (C=N–C) groups is 1. The molecule has 0 aliphatic rings. The molecule has 0 unspecified atom stereocenters. The molecule has 6 aromatic carbocycles. The van der Waals surface area contributed by atoms with Gasteiger partial charge in [-0.1, -0.05) is 150 Å². The van der Waals surface area contributed by atoms with E-state index in [0.29, 0.717) is 29.2 Å². The van der Waals surface area contributed by atoms with E-state index in [0.717, 1.165) is 49.8 Å². The fraction of sp³-hybridized carbons (Fsp3) is 0.321. The van der Waals surface area contributed by atoms with E-state index in [-0.39, 0.29) is 16.6 Å². The van der Waals surface area contributed by atoms with Crippen LogP contribution < -0.4 is 0 Å². The Bertz CT molecular complexity index is 2610. The molecular weight excluding hydrogens is 697 g/mol. The van der Waals surface area contributed by atoms with Crippen molar-refractivity contribution in [3.8, 4) is 39.5 Å². The minimum atomic E-state index is -0.127. The predicted octanol–water partition coefficient (Wildman–Crippen LogP) is 15.4. The maximum absolute atomic E-state index is 10.9. The van der Waals surface area contributed by atoms with Gasteiger partial charge in [0.15, 0.2) is 5.58 Å². The fourth-order valence-corrected chi connectivity index (χ4v) is 7.75. The van der Waals surface area contributed by atoms with E-state index in [1.165, 1.54) is 33.4 Å². The molecular formula is C53H58N2O2. The topological polar surface area (TPSA) is 58.6 Å². The monoisotopic (exact) mass is 754 g/mol. The average Bonchev–Trinajstić information content (AvgIpc) is 3.60. The highest BCUT2D eigenvalue weighted by Crippen LogP contribution is 2.44. The lowest BCUT2D eigenvalue weighted by Gasteiger charge is -2.24. The number of aromatic hydroxyl groups is 1. The van der Waals surface area contributed by atoms with Gasteiger partial charge < -0.3 is 9.52 Å². The number of hydrogen-bond donors (Lipinski definition) is 1. The number of phenols is 1. The molecule has 0 fully saturated rings. The highest BCUT2D eigenvalue weighted by molar-refractivity contribution is 6.03. The second-order valence-electron chi connectivity index (χ2n) is 18.7. The first kappa shape index (κ1) is 39.7. The summed E-state index contributed by atoms with van der Waals surface area (Å²) < 4.78 is 6.80. The molecule has 292 valence electrons. The number of benzene rings is 6. The van der Waals surface area contributed by atoms with E-state index in [1.807, 2.05) is 24.3 Å². The van der Waals surface area contributed by atoms with Gasteiger partial charge in [0.2, 0.25) is 5.89 Å². The van der Waals surface area contributed by atoms with E-state index >= 15 is 0 Å². The van der Waals surface area contributed by atoms with Crippen LogP contribution in [0.4, 0.5) is 5.69 Å². The Hall–Kier alpha value is -5.48. The van der Waals surface area contributed by atoms with Crippen LogP contribution in [0.5, 0.6) is 5.75 Å². The summed E-state index contributed by atoms with van der Waals surface area (Å²) in [4.78, 5) is 10.4. The first-order chi connectivity index (χ1) is 26.9. The molecule has 7 aromatic rings. The van der Waals surface area contributed by atoms with Crippen molar-refractivity contribution in [2.24, 2.45) is 4.99 Å². The van der Waals surface area contributed by atoms with Crippen molar-refractivity contribution in [2.45, 2.75) is 112 Å². The standard InChI is InChI=1S/C53H58N2O2/c1-31(2)37-26-43(32(3)4)48(44(27-37)33(5)6)36-18-15-17-35(24-36)45-28-40(53(10,11)12)29-47-50(45)55-51(57-47)42-22-20-34-16-13-14-19-41(34)49(42)54-30-38-25-39(52(7,8)9)21-23-46(38)56/h13-33,56H,1-12H3. The Kier molecular flexibility index (Phi) is 10.5. The number of oxazole rings is 1. The molecule has 0 saturated heterocycles. The highest BCUT2D eigenvalue weighted by Gasteiger charge is 2.24. The van der Waals surface area contributed by atoms with Crippen LogP contribution in [0, 0.1) is 0 Å². The third-order valence-electron chi connectivity index (χ3n) is 11.3. The van der Waals surface area contributed by atoms with Crippen molar-refractivity contribution in [3.63, 3.8) is 0 Å². The lowest BCUT2D eigenvalue weighted by molar-refractivity contribution is 0.473. The maximum Gasteiger partial charge on any atom is 0.229 e. The summed E-state index contributed by atoms with van der Waals surface area (Å²) in [7, 11) is 0. The third-order valence-corrected chi connectivity index (χ3v) is 11.3. The van der Waals surface area contributed by atoms with Gasteiger partial charge in [0.1, 0.15) is 11.3 Å². The van der Waals surface area contributed by atoms with Crippen molar-refractivity contribution in [1.29, 1.82) is 0 Å². The first-order valence-electron chi connectivity index (χ1n) is 20.5. The van der Waals surface area contributed by atoms with Crippen LogP contribution in [0.3, 0.4) is 0 Å². The molecule has 0 bridgehead atoms. The number of phenolic OH excluding ortho intramolecular Hbond substituents is 1. The molecule has 4 nitrogen and oxygen atoms in total. The summed E-state index contributed by atoms with van der Waals surface area (Å²) >= 11 is 0. The lowest BCUT2D eigenvalue weighted by Crippen LogP contribution is -2.11. The van der Waals surface area contributed by atoms with Crippen LogP contribution in [0.25, 0.3) is 55.6 Å². The molecule has 0 spiro atoms. The van der Waals surface area contributed by atoms with E-state index in [9.17, 15) is 5.11 Å². The zero-order valence-corrected chi connectivity index (χ0v) is 35.9. The Morgan fingerprint density at radius 2 is 1.30 bits per heavy atom. The minimum absolute atomic E-state index is 0.0754. The molecule has 7 rings (SSSR count). The van der Waals surface area contributed by atoms with Gasteiger partial charge in [0.05, 0.1) is 11.3 Å². The van der Waals surface area contributed by atoms with Gasteiger partial charge in [-0.15, -0.1) is 0 Å². The highest BCUT2D eigenvalue weighted by atomic mass is 16.3. The molecule has 0 amide bonds. The van der Waals surface area contributed by atoms with E-state index < -0.39 is 0 Å². The molecule has 0 aliphatic carbocycles. The summed E-state index contributed by atoms with van der Waals surface area (Å²) in [6, 6.07) is 36.4. The zero-order chi connectivity index (χ0) is 41.0. The summed E-state index contributed by atoms with van der Waals surface area (Å²) in [5.41, 5.74) is 14.7. The normalized spacial score (nSPS) is 12.7. The molecule has 0 atom stereocenters. The van der Waals surface area contributed by atoms with Crippen LogP contribution in [-0.2, 0) is 10.8 Å². The van der Waals surface area contributed by atoms with Crippen LogP contribution in [0.1, 0.15) is 134 Å². The van der Waals surface area contributed by atoms with Gasteiger partial charge in [-0.2, -0.15) is 0 Å². The SMILES string of the molecule is CC(C)c1cc(C(C)C)c(-c2cccc(-c3cc(C(C)(C)C)cc4oc(-c5ccc6ccccc6c5N=Cc5cc(C(C)(C)C)ccc5O)nc34)c2)c(C(C)C)c1. The summed E-state index contributed by atoms with van der Waals surface area (Å²) in [5, 5.41) is 12.9. The third kappa shape index (κ3) is 7.92. The van der Waals surface area contributed by atoms with Gasteiger partial charge in [0, 0.05) is 22.7 Å². The Morgan fingerprint density at radius 3 is 1.95 bits per heavy atom. The molecule has 4 heteroatoms. The van der Waals surface area contributed by atoms with E-state index in [1.54, 1.807) is 12.3 Å². The predicted molar refractivity (Wildman–Crippen MR) is 243 cm³/mol. The molecule has 57 heavy (non-hydrogen) atoms. The molecule has 1 heterocycles. The number of fused-ring (bicyclic) bond motifs is 2. The molecule has 0 aliphatic heterocycles. The van der Waals surface area contributed by atoms with Gasteiger partial charge >= 0.3 is 0 Å². The zero-order valence-electron chi connectivity index (χ0n) is 35.9. The van der Waals surface area contributed by atoms with Crippen LogP contribution in [0.15, 0.2) is 113 Å². The largest absolute Gasteiger partial charge is 0.507 e. The Balaban J connectivity index is 1.43. The van der Waals surface area contributed by atoms with Gasteiger partial charge in [0.25, 0.3) is 0 Å². The second-order valence-corrected chi connectivity index (χ2v) is 18.7. The minimum Gasteiger partial charge on any atom is -0.507 e. The van der Waals surface area contributed by atoms with Gasteiger partial charge in [-0.3, -0.25) is 4.99 Å². The van der Waals surface area contributed by atoms with Gasteiger partial charge in [-0.25, -0.2) is 4.98 Å². The molecule has 1 aromatic heterocycles. The maximum atomic E-state index is 10.9. The van der Waals surface area contributed by atoms with E-state index in [4.69, 9.17) is 14.4 Å². The number of rotatable bonds is 8. The number of aromatic nitrogens is 1. The number of hydrogen-bond acceptors (Lipinski definition) is 4. The van der Waals surface area contributed by atoms with Crippen molar-refractivity contribution in [1.82, 2.24) is 4.98 Å². The number of nitrogens with zero attached hydrogens (tertiary/aromatic N) is 2.